The first-order valence-electron chi connectivity index (χ1n) is 8.51. The Morgan fingerprint density at radius 1 is 1.14 bits per heavy atom. The minimum atomic E-state index is 0.0664. The molecule has 3 aliphatic rings. The summed E-state index contributed by atoms with van der Waals surface area (Å²) >= 11 is 0. The van der Waals surface area contributed by atoms with E-state index in [1.807, 2.05) is 4.90 Å². The highest BCUT2D eigenvalue weighted by molar-refractivity contribution is 5.82. The van der Waals surface area contributed by atoms with Gasteiger partial charge >= 0.3 is 0 Å². The number of ether oxygens (including phenoxy) is 1. The van der Waals surface area contributed by atoms with Gasteiger partial charge in [-0.25, -0.2) is 0 Å². The maximum atomic E-state index is 12.7. The van der Waals surface area contributed by atoms with Crippen molar-refractivity contribution < 1.29 is 14.6 Å². The van der Waals surface area contributed by atoms with Crippen molar-refractivity contribution in [3.05, 3.63) is 0 Å². The predicted octanol–water partition coefficient (Wildman–Crippen LogP) is 0.576. The number of aliphatic hydroxyl groups excluding tert-OH is 1. The Hall–Kier alpha value is -0.650. The second-order valence-corrected chi connectivity index (χ2v) is 6.64. The van der Waals surface area contributed by atoms with E-state index in [1.54, 1.807) is 0 Å². The average Bonchev–Trinajstić information content (AvgIpc) is 3.26. The summed E-state index contributed by atoms with van der Waals surface area (Å²) in [4.78, 5) is 17.0. The van der Waals surface area contributed by atoms with Gasteiger partial charge in [-0.1, -0.05) is 12.8 Å². The summed E-state index contributed by atoms with van der Waals surface area (Å²) < 4.78 is 5.35. The van der Waals surface area contributed by atoms with Gasteiger partial charge in [0.1, 0.15) is 0 Å². The number of hydrogen-bond donors (Lipinski definition) is 1. The Morgan fingerprint density at radius 2 is 1.81 bits per heavy atom. The number of morpholine rings is 1. The highest BCUT2D eigenvalue weighted by atomic mass is 16.5. The summed E-state index contributed by atoms with van der Waals surface area (Å²) in [6.45, 7) is 5.69. The van der Waals surface area contributed by atoms with E-state index in [1.165, 1.54) is 25.7 Å². The molecule has 2 aliphatic carbocycles. The predicted molar refractivity (Wildman–Crippen MR) is 79.9 cm³/mol. The zero-order valence-electron chi connectivity index (χ0n) is 12.9. The van der Waals surface area contributed by atoms with Crippen molar-refractivity contribution in [2.24, 2.45) is 17.8 Å². The lowest BCUT2D eigenvalue weighted by molar-refractivity contribution is -0.134. The van der Waals surface area contributed by atoms with Gasteiger partial charge in [0.25, 0.3) is 0 Å². The van der Waals surface area contributed by atoms with Crippen LogP contribution in [0.1, 0.15) is 25.7 Å². The van der Waals surface area contributed by atoms with Gasteiger partial charge in [0.15, 0.2) is 0 Å². The Morgan fingerprint density at radius 3 is 2.43 bits per heavy atom. The maximum Gasteiger partial charge on any atom is 0.226 e. The summed E-state index contributed by atoms with van der Waals surface area (Å²) in [7, 11) is 0. The highest BCUT2D eigenvalue weighted by Crippen LogP contribution is 2.56. The van der Waals surface area contributed by atoms with E-state index < -0.39 is 0 Å². The Balaban J connectivity index is 1.50. The fraction of sp³-hybridized carbons (Fsp3) is 0.938. The van der Waals surface area contributed by atoms with Gasteiger partial charge in [-0.05, 0) is 24.7 Å². The number of nitrogens with zero attached hydrogens (tertiary/aromatic N) is 2. The quantitative estimate of drug-likeness (QED) is 0.779. The molecule has 3 rings (SSSR count). The smallest absolute Gasteiger partial charge is 0.226 e. The molecule has 21 heavy (non-hydrogen) atoms. The van der Waals surface area contributed by atoms with Crippen LogP contribution < -0.4 is 0 Å². The topological polar surface area (TPSA) is 53.0 Å². The Kier molecular flexibility index (Phi) is 5.14. The van der Waals surface area contributed by atoms with Crippen LogP contribution in [-0.4, -0.2) is 73.4 Å². The third-order valence-electron chi connectivity index (χ3n) is 5.41. The van der Waals surface area contributed by atoms with Gasteiger partial charge in [-0.15, -0.1) is 0 Å². The molecule has 3 fully saturated rings. The van der Waals surface area contributed by atoms with E-state index in [0.717, 1.165) is 39.4 Å². The molecule has 1 N–H and O–H groups in total. The third kappa shape index (κ3) is 3.58. The highest BCUT2D eigenvalue weighted by Gasteiger charge is 2.55. The first-order valence-corrected chi connectivity index (χ1v) is 8.51. The molecule has 1 amide bonds. The second-order valence-electron chi connectivity index (χ2n) is 6.64. The Bertz CT molecular complexity index is 345. The number of fused-ring (bicyclic) bond motifs is 1. The lowest BCUT2D eigenvalue weighted by Gasteiger charge is -2.30. The first-order chi connectivity index (χ1) is 10.3. The van der Waals surface area contributed by atoms with Gasteiger partial charge in [0.2, 0.25) is 5.91 Å². The van der Waals surface area contributed by atoms with Crippen molar-refractivity contribution in [2.45, 2.75) is 25.7 Å². The average molecular weight is 296 g/mol. The lowest BCUT2D eigenvalue weighted by atomic mass is 10.0. The lowest BCUT2D eigenvalue weighted by Crippen LogP contribution is -2.44. The summed E-state index contributed by atoms with van der Waals surface area (Å²) in [6, 6.07) is 0. The molecule has 1 heterocycles. The van der Waals surface area contributed by atoms with E-state index in [4.69, 9.17) is 4.74 Å². The minimum absolute atomic E-state index is 0.0664. The number of aliphatic hydroxyl groups is 1. The van der Waals surface area contributed by atoms with Gasteiger partial charge in [0, 0.05) is 38.6 Å². The van der Waals surface area contributed by atoms with Crippen molar-refractivity contribution in [1.82, 2.24) is 9.80 Å². The van der Waals surface area contributed by atoms with Crippen molar-refractivity contribution in [1.29, 1.82) is 0 Å². The minimum Gasteiger partial charge on any atom is -0.395 e. The molecule has 2 atom stereocenters. The largest absolute Gasteiger partial charge is 0.395 e. The van der Waals surface area contributed by atoms with Gasteiger partial charge in [0.05, 0.1) is 19.8 Å². The number of amides is 1. The van der Waals surface area contributed by atoms with Gasteiger partial charge in [-0.2, -0.15) is 0 Å². The molecule has 0 radical (unpaired) electrons. The zero-order chi connectivity index (χ0) is 14.7. The summed E-state index contributed by atoms with van der Waals surface area (Å²) in [6.07, 6.45) is 5.05. The van der Waals surface area contributed by atoms with E-state index in [0.29, 0.717) is 24.3 Å². The Labute approximate surface area is 127 Å². The summed E-state index contributed by atoms with van der Waals surface area (Å²) in [5.74, 6) is 1.87. The number of hydrogen-bond acceptors (Lipinski definition) is 4. The molecule has 0 spiro atoms. The molecule has 5 heteroatoms. The normalized spacial score (nSPS) is 32.5. The molecule has 0 bridgehead atoms. The molecule has 120 valence electrons. The fourth-order valence-electron chi connectivity index (χ4n) is 4.11. The van der Waals surface area contributed by atoms with Crippen LogP contribution in [0.4, 0.5) is 0 Å². The van der Waals surface area contributed by atoms with Crippen LogP contribution in [-0.2, 0) is 9.53 Å². The van der Waals surface area contributed by atoms with Crippen LogP contribution in [0.2, 0.25) is 0 Å². The van der Waals surface area contributed by atoms with Crippen LogP contribution in [0.5, 0.6) is 0 Å². The van der Waals surface area contributed by atoms with Crippen LogP contribution in [0, 0.1) is 17.8 Å². The van der Waals surface area contributed by atoms with E-state index in [9.17, 15) is 9.90 Å². The molecule has 0 aromatic carbocycles. The summed E-state index contributed by atoms with van der Waals surface area (Å²) in [5, 5.41) is 9.26. The van der Waals surface area contributed by atoms with Gasteiger partial charge < -0.3 is 14.7 Å². The van der Waals surface area contributed by atoms with Crippen LogP contribution >= 0.6 is 0 Å². The molecule has 5 nitrogen and oxygen atoms in total. The van der Waals surface area contributed by atoms with Crippen LogP contribution in [0.3, 0.4) is 0 Å². The second kappa shape index (κ2) is 7.07. The van der Waals surface area contributed by atoms with Crippen molar-refractivity contribution in [3.8, 4) is 0 Å². The molecule has 2 saturated carbocycles. The number of carbonyl (C=O) groups excluding carboxylic acids is 1. The van der Waals surface area contributed by atoms with E-state index in [2.05, 4.69) is 4.90 Å². The molecule has 0 aromatic rings. The monoisotopic (exact) mass is 296 g/mol. The SMILES string of the molecule is O=C(C1[C@H]2CCCC[C@H]12)N(CCO)CCN1CCOCC1. The zero-order valence-corrected chi connectivity index (χ0v) is 12.9. The maximum absolute atomic E-state index is 12.7. The van der Waals surface area contributed by atoms with Crippen LogP contribution in [0.15, 0.2) is 0 Å². The fourth-order valence-corrected chi connectivity index (χ4v) is 4.11. The molecular weight excluding hydrogens is 268 g/mol. The molecule has 1 aliphatic heterocycles. The number of rotatable bonds is 6. The van der Waals surface area contributed by atoms with Crippen molar-refractivity contribution >= 4 is 5.91 Å². The number of carbonyl (C=O) groups is 1. The first kappa shape index (κ1) is 15.3. The molecule has 0 unspecified atom stereocenters. The summed E-state index contributed by atoms with van der Waals surface area (Å²) in [5.41, 5.74) is 0. The van der Waals surface area contributed by atoms with E-state index >= 15 is 0 Å². The third-order valence-corrected chi connectivity index (χ3v) is 5.41. The van der Waals surface area contributed by atoms with Crippen LogP contribution in [0.25, 0.3) is 0 Å². The van der Waals surface area contributed by atoms with E-state index in [-0.39, 0.29) is 12.5 Å². The molecule has 0 aromatic heterocycles. The standard InChI is InChI=1S/C16H28N2O3/c19-10-7-18(6-5-17-8-11-21-12-9-17)16(20)15-13-3-1-2-4-14(13)15/h13-15,19H,1-12H2/t13-,14-/m0/s1. The van der Waals surface area contributed by atoms with Gasteiger partial charge in [-0.3, -0.25) is 9.69 Å². The van der Waals surface area contributed by atoms with Crippen molar-refractivity contribution in [3.63, 3.8) is 0 Å². The molecular formula is C16H28N2O3. The van der Waals surface area contributed by atoms with Crippen molar-refractivity contribution in [2.75, 3.05) is 52.5 Å². The molecule has 1 saturated heterocycles.